The number of hydrogen-bond donors (Lipinski definition) is 1. The van der Waals surface area contributed by atoms with Crippen molar-refractivity contribution in [3.8, 4) is 0 Å². The van der Waals surface area contributed by atoms with Crippen molar-refractivity contribution >= 4 is 39.0 Å². The highest BCUT2D eigenvalue weighted by molar-refractivity contribution is 7.17. The highest BCUT2D eigenvalue weighted by Gasteiger charge is 2.21. The van der Waals surface area contributed by atoms with Crippen LogP contribution in [0, 0.1) is 5.92 Å². The summed E-state index contributed by atoms with van der Waals surface area (Å²) in [6, 6.07) is 1.97. The molecule has 0 aliphatic heterocycles. The number of thiophene rings is 1. The molecule has 1 N–H and O–H groups in total. The fourth-order valence-electron chi connectivity index (χ4n) is 1.52. The molecule has 1 fully saturated rings. The molecule has 3 nitrogen and oxygen atoms in total. The van der Waals surface area contributed by atoms with Gasteiger partial charge in [0.1, 0.15) is 5.82 Å². The molecule has 0 atom stereocenters. The predicted molar refractivity (Wildman–Crippen MR) is 63.6 cm³/mol. The molecule has 0 amide bonds. The van der Waals surface area contributed by atoms with Crippen LogP contribution in [0.15, 0.2) is 11.4 Å². The van der Waals surface area contributed by atoms with Crippen LogP contribution in [0.25, 0.3) is 10.2 Å². The summed E-state index contributed by atoms with van der Waals surface area (Å²) in [5.41, 5.74) is 0.929. The number of halogens is 1. The Hall–Kier alpha value is -0.870. The minimum Gasteiger partial charge on any atom is -0.368 e. The van der Waals surface area contributed by atoms with E-state index in [9.17, 15) is 0 Å². The normalized spacial score (nSPS) is 15.8. The lowest BCUT2D eigenvalue weighted by molar-refractivity contribution is 0.884. The van der Waals surface area contributed by atoms with Crippen LogP contribution in [0.2, 0.25) is 5.28 Å². The zero-order chi connectivity index (χ0) is 10.3. The minimum atomic E-state index is 0.319. The number of aromatic nitrogens is 2. The molecule has 1 aliphatic rings. The summed E-state index contributed by atoms with van der Waals surface area (Å²) in [5, 5.41) is 5.68. The van der Waals surface area contributed by atoms with E-state index in [-0.39, 0.29) is 0 Å². The number of rotatable bonds is 3. The second-order valence-electron chi connectivity index (χ2n) is 3.80. The SMILES string of the molecule is Clc1nc(NCC2CC2)c2sccc2n1. The Labute approximate surface area is 96.5 Å². The van der Waals surface area contributed by atoms with Crippen molar-refractivity contribution in [2.45, 2.75) is 12.8 Å². The average Bonchev–Trinajstić information content (AvgIpc) is 2.92. The Balaban J connectivity index is 1.95. The van der Waals surface area contributed by atoms with Crippen molar-refractivity contribution in [3.05, 3.63) is 16.7 Å². The van der Waals surface area contributed by atoms with Gasteiger partial charge in [0.2, 0.25) is 5.28 Å². The van der Waals surface area contributed by atoms with Crippen LogP contribution in [0.1, 0.15) is 12.8 Å². The standard InChI is InChI=1S/C10H10ClN3S/c11-10-13-7-3-4-15-8(7)9(14-10)12-5-6-1-2-6/h3-4,6H,1-2,5H2,(H,12,13,14). The van der Waals surface area contributed by atoms with Crippen molar-refractivity contribution in [3.63, 3.8) is 0 Å². The Morgan fingerprint density at radius 3 is 3.13 bits per heavy atom. The van der Waals surface area contributed by atoms with Crippen LogP contribution < -0.4 is 5.32 Å². The van der Waals surface area contributed by atoms with Crippen LogP contribution in [0.4, 0.5) is 5.82 Å². The van der Waals surface area contributed by atoms with E-state index in [2.05, 4.69) is 15.3 Å². The van der Waals surface area contributed by atoms with Crippen molar-refractivity contribution in [1.82, 2.24) is 9.97 Å². The third-order valence-electron chi connectivity index (χ3n) is 2.53. The first-order valence-electron chi connectivity index (χ1n) is 4.97. The van der Waals surface area contributed by atoms with E-state index in [1.165, 1.54) is 12.8 Å². The van der Waals surface area contributed by atoms with Gasteiger partial charge in [-0.1, -0.05) is 0 Å². The smallest absolute Gasteiger partial charge is 0.224 e. The first-order valence-corrected chi connectivity index (χ1v) is 6.23. The quantitative estimate of drug-likeness (QED) is 0.837. The number of anilines is 1. The molecule has 0 aromatic carbocycles. The van der Waals surface area contributed by atoms with E-state index >= 15 is 0 Å². The second kappa shape index (κ2) is 3.61. The highest BCUT2D eigenvalue weighted by Crippen LogP contribution is 2.31. The van der Waals surface area contributed by atoms with Crippen LogP contribution in [-0.2, 0) is 0 Å². The number of fused-ring (bicyclic) bond motifs is 1. The van der Waals surface area contributed by atoms with Crippen molar-refractivity contribution in [1.29, 1.82) is 0 Å². The largest absolute Gasteiger partial charge is 0.368 e. The fourth-order valence-corrected chi connectivity index (χ4v) is 2.49. The lowest BCUT2D eigenvalue weighted by Gasteiger charge is -2.05. The number of hydrogen-bond acceptors (Lipinski definition) is 4. The molecule has 0 saturated heterocycles. The summed E-state index contributed by atoms with van der Waals surface area (Å²) >= 11 is 7.50. The molecule has 15 heavy (non-hydrogen) atoms. The third-order valence-corrected chi connectivity index (χ3v) is 3.61. The maximum atomic E-state index is 5.85. The first-order chi connectivity index (χ1) is 7.33. The van der Waals surface area contributed by atoms with Gasteiger partial charge in [-0.05, 0) is 41.8 Å². The Kier molecular flexibility index (Phi) is 2.25. The molecule has 0 radical (unpaired) electrons. The van der Waals surface area contributed by atoms with Gasteiger partial charge >= 0.3 is 0 Å². The maximum absolute atomic E-state index is 5.85. The molecule has 5 heteroatoms. The summed E-state index contributed by atoms with van der Waals surface area (Å²) in [5.74, 6) is 1.71. The van der Waals surface area contributed by atoms with E-state index in [0.717, 1.165) is 28.5 Å². The number of nitrogens with one attached hydrogen (secondary N) is 1. The predicted octanol–water partition coefficient (Wildman–Crippen LogP) is 3.17. The zero-order valence-corrected chi connectivity index (χ0v) is 9.61. The van der Waals surface area contributed by atoms with Crippen molar-refractivity contribution < 1.29 is 0 Å². The van der Waals surface area contributed by atoms with Gasteiger partial charge in [-0.3, -0.25) is 0 Å². The summed E-state index contributed by atoms with van der Waals surface area (Å²) < 4.78 is 1.10. The second-order valence-corrected chi connectivity index (χ2v) is 5.05. The molecule has 78 valence electrons. The van der Waals surface area contributed by atoms with Crippen LogP contribution in [0.3, 0.4) is 0 Å². The Morgan fingerprint density at radius 1 is 1.47 bits per heavy atom. The van der Waals surface area contributed by atoms with Crippen LogP contribution in [0.5, 0.6) is 0 Å². The zero-order valence-electron chi connectivity index (χ0n) is 8.03. The van der Waals surface area contributed by atoms with Gasteiger partial charge < -0.3 is 5.32 Å². The van der Waals surface area contributed by atoms with Gasteiger partial charge in [0.05, 0.1) is 10.2 Å². The summed E-state index contributed by atoms with van der Waals surface area (Å²) in [7, 11) is 0. The Bertz CT molecular complexity index is 492. The molecule has 0 bridgehead atoms. The lowest BCUT2D eigenvalue weighted by Crippen LogP contribution is -2.05. The fraction of sp³-hybridized carbons (Fsp3) is 0.400. The molecule has 2 aromatic rings. The van der Waals surface area contributed by atoms with Gasteiger partial charge in [0.25, 0.3) is 0 Å². The van der Waals surface area contributed by atoms with E-state index in [4.69, 9.17) is 11.6 Å². The molecule has 0 unspecified atom stereocenters. The topological polar surface area (TPSA) is 37.8 Å². The molecule has 2 heterocycles. The molecular weight excluding hydrogens is 230 g/mol. The molecule has 1 saturated carbocycles. The summed E-state index contributed by atoms with van der Waals surface area (Å²) in [6.07, 6.45) is 2.67. The molecule has 2 aromatic heterocycles. The summed E-state index contributed by atoms with van der Waals surface area (Å²) in [6.45, 7) is 1.00. The maximum Gasteiger partial charge on any atom is 0.224 e. The lowest BCUT2D eigenvalue weighted by atomic mass is 10.4. The Morgan fingerprint density at radius 2 is 2.33 bits per heavy atom. The van der Waals surface area contributed by atoms with Crippen LogP contribution in [-0.4, -0.2) is 16.5 Å². The first kappa shape index (κ1) is 9.36. The monoisotopic (exact) mass is 239 g/mol. The van der Waals surface area contributed by atoms with E-state index in [1.54, 1.807) is 11.3 Å². The molecule has 0 spiro atoms. The van der Waals surface area contributed by atoms with Gasteiger partial charge in [0, 0.05) is 6.54 Å². The van der Waals surface area contributed by atoms with E-state index in [1.807, 2.05) is 11.4 Å². The van der Waals surface area contributed by atoms with Gasteiger partial charge in [-0.15, -0.1) is 11.3 Å². The van der Waals surface area contributed by atoms with E-state index in [0.29, 0.717) is 5.28 Å². The molecular formula is C10H10ClN3S. The minimum absolute atomic E-state index is 0.319. The highest BCUT2D eigenvalue weighted by atomic mass is 35.5. The van der Waals surface area contributed by atoms with Crippen LogP contribution >= 0.6 is 22.9 Å². The van der Waals surface area contributed by atoms with Gasteiger partial charge in [-0.25, -0.2) is 4.98 Å². The van der Waals surface area contributed by atoms with Gasteiger partial charge in [-0.2, -0.15) is 4.98 Å². The third kappa shape index (κ3) is 1.92. The van der Waals surface area contributed by atoms with Crippen molar-refractivity contribution in [2.24, 2.45) is 5.92 Å². The average molecular weight is 240 g/mol. The molecule has 3 rings (SSSR count). The van der Waals surface area contributed by atoms with Crippen molar-refractivity contribution in [2.75, 3.05) is 11.9 Å². The van der Waals surface area contributed by atoms with E-state index < -0.39 is 0 Å². The number of nitrogens with zero attached hydrogens (tertiary/aromatic N) is 2. The molecule has 1 aliphatic carbocycles. The summed E-state index contributed by atoms with van der Waals surface area (Å²) in [4.78, 5) is 8.39. The van der Waals surface area contributed by atoms with Gasteiger partial charge in [0.15, 0.2) is 0 Å².